The molecule has 0 radical (unpaired) electrons. The molecule has 2 aromatic carbocycles. The van der Waals surface area contributed by atoms with Crippen molar-refractivity contribution in [3.05, 3.63) is 83.1 Å². The molecule has 4 rings (SSSR count). The van der Waals surface area contributed by atoms with E-state index in [4.69, 9.17) is 20.6 Å². The van der Waals surface area contributed by atoms with Crippen LogP contribution in [0.5, 0.6) is 5.75 Å². The van der Waals surface area contributed by atoms with Crippen LogP contribution in [0.15, 0.2) is 60.8 Å². The van der Waals surface area contributed by atoms with E-state index in [1.807, 2.05) is 0 Å². The lowest BCUT2D eigenvalue weighted by Gasteiger charge is -2.33. The minimum atomic E-state index is -0.733. The smallest absolute Gasteiger partial charge is 0.355 e. The van der Waals surface area contributed by atoms with E-state index in [0.717, 1.165) is 12.8 Å². The lowest BCUT2D eigenvalue weighted by Crippen LogP contribution is -2.47. The Bertz CT molecular complexity index is 1440. The molecule has 1 heterocycles. The van der Waals surface area contributed by atoms with Crippen molar-refractivity contribution in [3.8, 4) is 5.75 Å². The minimum Gasteiger partial charge on any atom is -0.496 e. The van der Waals surface area contributed by atoms with Gasteiger partial charge in [0, 0.05) is 47.1 Å². The maximum Gasteiger partial charge on any atom is 0.355 e. The number of nitrogens with one attached hydrogen (secondary N) is 3. The number of carbonyl (C=O) groups excluding carboxylic acids is 3. The minimum absolute atomic E-state index is 0.0814. The Morgan fingerprint density at radius 1 is 1.20 bits per heavy atom. The number of hydrogen-bond donors (Lipinski definition) is 4. The van der Waals surface area contributed by atoms with Gasteiger partial charge in [0.15, 0.2) is 0 Å². The Hall–Kier alpha value is -4.86. The zero-order chi connectivity index (χ0) is 29.7. The second-order valence-corrected chi connectivity index (χ2v) is 9.88. The predicted octanol–water partition coefficient (Wildman–Crippen LogP) is 3.55. The Morgan fingerprint density at radius 3 is 2.49 bits per heavy atom. The number of anilines is 1. The number of likely N-dealkylation sites (N-methyl/N-ethyl adjacent to an activating group) is 1. The lowest BCUT2D eigenvalue weighted by molar-refractivity contribution is -0.140. The molecule has 1 fully saturated rings. The number of methoxy groups -OCH3 is 1. The highest BCUT2D eigenvalue weighted by Crippen LogP contribution is 2.36. The van der Waals surface area contributed by atoms with Gasteiger partial charge in [0.05, 0.1) is 13.7 Å². The Morgan fingerprint density at radius 2 is 1.90 bits per heavy atom. The highest BCUT2D eigenvalue weighted by Gasteiger charge is 2.34. The average Bonchev–Trinajstić information content (AvgIpc) is 3.80. The average molecular weight is 558 g/mol. The number of ether oxygens (including phenoxy) is 2. The monoisotopic (exact) mass is 557 g/mol. The molecule has 2 aliphatic rings. The second-order valence-electron chi connectivity index (χ2n) is 9.88. The first kappa shape index (κ1) is 29.1. The van der Waals surface area contributed by atoms with Crippen LogP contribution >= 0.6 is 0 Å². The van der Waals surface area contributed by atoms with E-state index in [2.05, 4.69) is 17.2 Å². The summed E-state index contributed by atoms with van der Waals surface area (Å²) in [5.41, 5.74) is 8.36. The maximum atomic E-state index is 13.7. The summed E-state index contributed by atoms with van der Waals surface area (Å²) in [5, 5.41) is 13.4. The van der Waals surface area contributed by atoms with E-state index in [9.17, 15) is 14.4 Å². The van der Waals surface area contributed by atoms with Gasteiger partial charge in [-0.1, -0.05) is 24.8 Å². The second kappa shape index (κ2) is 12.5. The molecule has 1 saturated carbocycles. The van der Waals surface area contributed by atoms with Crippen molar-refractivity contribution < 1.29 is 23.9 Å². The maximum absolute atomic E-state index is 13.7. The van der Waals surface area contributed by atoms with Crippen LogP contribution in [0.2, 0.25) is 0 Å². The Balaban J connectivity index is 1.78. The van der Waals surface area contributed by atoms with Gasteiger partial charge >= 0.3 is 5.97 Å². The van der Waals surface area contributed by atoms with Gasteiger partial charge in [-0.15, -0.1) is 0 Å². The van der Waals surface area contributed by atoms with E-state index in [0.29, 0.717) is 46.2 Å². The van der Waals surface area contributed by atoms with Gasteiger partial charge in [0.1, 0.15) is 23.3 Å². The molecule has 10 heteroatoms. The quantitative estimate of drug-likeness (QED) is 0.188. The number of benzene rings is 2. The van der Waals surface area contributed by atoms with Gasteiger partial charge in [-0.2, -0.15) is 0 Å². The van der Waals surface area contributed by atoms with Crippen LogP contribution in [-0.4, -0.2) is 61.9 Å². The fraction of sp³-hybridized carbons (Fsp3) is 0.290. The number of hydrogen-bond acceptors (Lipinski definition) is 7. The number of rotatable bonds is 11. The molecule has 10 nitrogen and oxygen atoms in total. The van der Waals surface area contributed by atoms with Crippen LogP contribution < -0.4 is 21.1 Å². The van der Waals surface area contributed by atoms with E-state index in [-0.39, 0.29) is 29.6 Å². The SMILES string of the molecule is C=Cc1cc(C(=O)Nc2ccc(C(=N)N)cc2)c(C2=C(C(=O)OCC)N(C)C(C(=O)NCC3CC3)C=C2)cc1OC. The third kappa shape index (κ3) is 6.49. The predicted molar refractivity (Wildman–Crippen MR) is 158 cm³/mol. The van der Waals surface area contributed by atoms with Crippen LogP contribution in [0.25, 0.3) is 11.6 Å². The molecule has 0 saturated heterocycles. The number of amides is 2. The molecule has 1 aliphatic carbocycles. The van der Waals surface area contributed by atoms with Gasteiger partial charge in [0.2, 0.25) is 5.91 Å². The van der Waals surface area contributed by atoms with E-state index >= 15 is 0 Å². The van der Waals surface area contributed by atoms with Crippen molar-refractivity contribution in [1.29, 1.82) is 5.41 Å². The first-order chi connectivity index (χ1) is 19.7. The number of amidine groups is 1. The molecule has 214 valence electrons. The molecule has 0 spiro atoms. The van der Waals surface area contributed by atoms with Gasteiger partial charge < -0.3 is 30.7 Å². The van der Waals surface area contributed by atoms with Crippen molar-refractivity contribution in [3.63, 3.8) is 0 Å². The number of carbonyl (C=O) groups is 3. The Labute approximate surface area is 239 Å². The number of nitrogens with two attached hydrogens (primary N) is 1. The van der Waals surface area contributed by atoms with Crippen molar-refractivity contribution in [1.82, 2.24) is 10.2 Å². The summed E-state index contributed by atoms with van der Waals surface area (Å²) in [6.45, 7) is 6.27. The summed E-state index contributed by atoms with van der Waals surface area (Å²) in [6.07, 6.45) is 7.15. The molecule has 1 atom stereocenters. The molecule has 2 aromatic rings. The highest BCUT2D eigenvalue weighted by molar-refractivity contribution is 6.11. The van der Waals surface area contributed by atoms with E-state index in [1.54, 1.807) is 73.5 Å². The molecule has 5 N–H and O–H groups in total. The van der Waals surface area contributed by atoms with E-state index < -0.39 is 17.9 Å². The standard InChI is InChI=1S/C31H35N5O5/c1-5-19-15-24(29(37)35-21-11-9-20(10-12-21)28(32)33)23(16-26(19)40-4)22-13-14-25(30(38)34-17-18-7-8-18)36(3)27(22)31(39)41-6-2/h5,9-16,18,25H,1,6-8,17H2,2-4H3,(H3,32,33)(H,34,38)(H,35,37). The van der Waals surface area contributed by atoms with Crippen molar-refractivity contribution >= 4 is 41.0 Å². The van der Waals surface area contributed by atoms with Gasteiger partial charge in [-0.05, 0) is 62.1 Å². The van der Waals surface area contributed by atoms with Gasteiger partial charge in [-0.3, -0.25) is 15.0 Å². The first-order valence-electron chi connectivity index (χ1n) is 13.4. The lowest BCUT2D eigenvalue weighted by atomic mass is 9.91. The number of nitrogen functional groups attached to an aromatic ring is 1. The van der Waals surface area contributed by atoms with Crippen molar-refractivity contribution in [2.75, 3.05) is 32.6 Å². The molecular weight excluding hydrogens is 522 g/mol. The third-order valence-corrected chi connectivity index (χ3v) is 7.05. The van der Waals surface area contributed by atoms with Gasteiger partial charge in [0.25, 0.3) is 5.91 Å². The fourth-order valence-corrected chi connectivity index (χ4v) is 4.61. The third-order valence-electron chi connectivity index (χ3n) is 7.05. The molecule has 0 bridgehead atoms. The molecular formula is C31H35N5O5. The number of allylic oxidation sites excluding steroid dienone is 2. The number of nitrogens with zero attached hydrogens (tertiary/aromatic N) is 1. The van der Waals surface area contributed by atoms with Crippen LogP contribution in [-0.2, 0) is 14.3 Å². The van der Waals surface area contributed by atoms with Crippen LogP contribution in [0.3, 0.4) is 0 Å². The van der Waals surface area contributed by atoms with Crippen LogP contribution in [0.4, 0.5) is 5.69 Å². The largest absolute Gasteiger partial charge is 0.496 e. The Kier molecular flexibility index (Phi) is 8.91. The highest BCUT2D eigenvalue weighted by atomic mass is 16.5. The first-order valence-corrected chi connectivity index (χ1v) is 13.4. The summed E-state index contributed by atoms with van der Waals surface area (Å²) >= 11 is 0. The molecule has 2 amide bonds. The molecule has 0 aromatic heterocycles. The zero-order valence-corrected chi connectivity index (χ0v) is 23.5. The molecule has 1 aliphatic heterocycles. The summed E-state index contributed by atoms with van der Waals surface area (Å²) in [4.78, 5) is 41.6. The summed E-state index contributed by atoms with van der Waals surface area (Å²) < 4.78 is 11.0. The normalized spacial score (nSPS) is 16.2. The zero-order valence-electron chi connectivity index (χ0n) is 23.5. The summed E-state index contributed by atoms with van der Waals surface area (Å²) in [7, 11) is 3.16. The molecule has 41 heavy (non-hydrogen) atoms. The molecule has 1 unspecified atom stereocenters. The van der Waals surface area contributed by atoms with Crippen molar-refractivity contribution in [2.45, 2.75) is 25.8 Å². The van der Waals surface area contributed by atoms with Gasteiger partial charge in [-0.25, -0.2) is 4.79 Å². The van der Waals surface area contributed by atoms with E-state index in [1.165, 1.54) is 7.11 Å². The van der Waals surface area contributed by atoms with Crippen molar-refractivity contribution in [2.24, 2.45) is 11.7 Å². The summed E-state index contributed by atoms with van der Waals surface area (Å²) in [6, 6.07) is 9.14. The fourth-order valence-electron chi connectivity index (χ4n) is 4.61. The van der Waals surface area contributed by atoms with Crippen LogP contribution in [0.1, 0.15) is 46.8 Å². The topological polar surface area (TPSA) is 147 Å². The number of esters is 1. The summed E-state index contributed by atoms with van der Waals surface area (Å²) in [5.74, 6) is -0.411. The van der Waals surface area contributed by atoms with Crippen LogP contribution in [0, 0.1) is 11.3 Å².